The molecule has 0 bridgehead atoms. The fraction of sp³-hybridized carbons (Fsp3) is 0.538. The molecule has 0 fully saturated rings. The molecule has 96 valence electrons. The SMILES string of the molecule is Cc1cc(Br)ccc1[C@@H](C)N[S@+]([O-])C(C)(C)C. The highest BCUT2D eigenvalue weighted by Crippen LogP contribution is 2.24. The molecular formula is C13H20BrNOS. The maximum Gasteiger partial charge on any atom is 0.136 e. The van der Waals surface area contributed by atoms with Crippen LogP contribution in [0.5, 0.6) is 0 Å². The zero-order valence-corrected chi connectivity index (χ0v) is 13.4. The first-order valence-corrected chi connectivity index (χ1v) is 7.60. The van der Waals surface area contributed by atoms with Gasteiger partial charge in [0, 0.05) is 15.8 Å². The van der Waals surface area contributed by atoms with Gasteiger partial charge < -0.3 is 4.55 Å². The molecule has 4 heteroatoms. The molecule has 0 unspecified atom stereocenters. The van der Waals surface area contributed by atoms with Crippen LogP contribution in [-0.4, -0.2) is 9.30 Å². The molecule has 0 radical (unpaired) electrons. The zero-order valence-electron chi connectivity index (χ0n) is 11.0. The highest BCUT2D eigenvalue weighted by atomic mass is 79.9. The van der Waals surface area contributed by atoms with Crippen LogP contribution in [-0.2, 0) is 11.4 Å². The largest absolute Gasteiger partial charge is 0.598 e. The molecule has 2 nitrogen and oxygen atoms in total. The molecule has 1 N–H and O–H groups in total. The Morgan fingerprint density at radius 3 is 2.41 bits per heavy atom. The van der Waals surface area contributed by atoms with Crippen molar-refractivity contribution in [3.05, 3.63) is 33.8 Å². The van der Waals surface area contributed by atoms with Crippen LogP contribution < -0.4 is 4.72 Å². The Morgan fingerprint density at radius 1 is 1.35 bits per heavy atom. The summed E-state index contributed by atoms with van der Waals surface area (Å²) < 4.78 is 16.0. The smallest absolute Gasteiger partial charge is 0.136 e. The molecule has 1 rings (SSSR count). The Balaban J connectivity index is 2.80. The monoisotopic (exact) mass is 317 g/mol. The van der Waals surface area contributed by atoms with E-state index in [1.807, 2.05) is 33.8 Å². The molecule has 1 aromatic carbocycles. The van der Waals surface area contributed by atoms with Gasteiger partial charge >= 0.3 is 0 Å². The van der Waals surface area contributed by atoms with E-state index in [1.54, 1.807) is 0 Å². The van der Waals surface area contributed by atoms with Crippen LogP contribution in [0.2, 0.25) is 0 Å². The van der Waals surface area contributed by atoms with Gasteiger partial charge in [0.2, 0.25) is 0 Å². The maximum absolute atomic E-state index is 12.0. The fourth-order valence-corrected chi connectivity index (χ4v) is 2.80. The van der Waals surface area contributed by atoms with Crippen LogP contribution in [0.25, 0.3) is 0 Å². The Labute approximate surface area is 116 Å². The third-order valence-electron chi connectivity index (χ3n) is 2.54. The summed E-state index contributed by atoms with van der Waals surface area (Å²) in [5.74, 6) is 0. The van der Waals surface area contributed by atoms with E-state index < -0.39 is 11.4 Å². The minimum absolute atomic E-state index is 0.0863. The number of nitrogens with one attached hydrogen (secondary N) is 1. The van der Waals surface area contributed by atoms with Crippen molar-refractivity contribution >= 4 is 27.3 Å². The number of hydrogen-bond acceptors (Lipinski definition) is 2. The summed E-state index contributed by atoms with van der Waals surface area (Å²) in [7, 11) is 0. The van der Waals surface area contributed by atoms with Crippen molar-refractivity contribution in [1.29, 1.82) is 0 Å². The van der Waals surface area contributed by atoms with E-state index in [9.17, 15) is 4.55 Å². The normalized spacial score (nSPS) is 15.7. The lowest BCUT2D eigenvalue weighted by Gasteiger charge is -2.27. The Morgan fingerprint density at radius 2 is 1.94 bits per heavy atom. The van der Waals surface area contributed by atoms with Crippen LogP contribution in [0, 0.1) is 6.92 Å². The highest BCUT2D eigenvalue weighted by molar-refractivity contribution is 9.10. The van der Waals surface area contributed by atoms with Gasteiger partial charge in [0.1, 0.15) is 4.75 Å². The predicted octanol–water partition coefficient (Wildman–Crippen LogP) is 3.87. The molecular weight excluding hydrogens is 298 g/mol. The van der Waals surface area contributed by atoms with Crippen molar-refractivity contribution < 1.29 is 4.55 Å². The molecule has 0 saturated heterocycles. The number of hydrogen-bond donors (Lipinski definition) is 1. The summed E-state index contributed by atoms with van der Waals surface area (Å²) in [5.41, 5.74) is 2.39. The number of aryl methyl sites for hydroxylation is 1. The highest BCUT2D eigenvalue weighted by Gasteiger charge is 2.28. The van der Waals surface area contributed by atoms with Gasteiger partial charge in [-0.15, -0.1) is 4.72 Å². The second kappa shape index (κ2) is 5.74. The third-order valence-corrected chi connectivity index (χ3v) is 4.71. The average Bonchev–Trinajstić information content (AvgIpc) is 2.15. The lowest BCUT2D eigenvalue weighted by atomic mass is 10.0. The molecule has 2 atom stereocenters. The summed E-state index contributed by atoms with van der Waals surface area (Å²) in [5, 5.41) is 0. The van der Waals surface area contributed by atoms with Crippen molar-refractivity contribution in [2.75, 3.05) is 0 Å². The van der Waals surface area contributed by atoms with Gasteiger partial charge in [0.05, 0.1) is 6.04 Å². The minimum Gasteiger partial charge on any atom is -0.598 e. The number of halogens is 1. The first-order valence-electron chi connectivity index (χ1n) is 5.66. The van der Waals surface area contributed by atoms with Gasteiger partial charge in [-0.25, -0.2) is 0 Å². The van der Waals surface area contributed by atoms with Gasteiger partial charge in [0.15, 0.2) is 0 Å². The molecule has 0 aliphatic heterocycles. The summed E-state index contributed by atoms with van der Waals surface area (Å²) >= 11 is 2.40. The zero-order chi connectivity index (χ0) is 13.2. The average molecular weight is 318 g/mol. The van der Waals surface area contributed by atoms with Crippen LogP contribution in [0.3, 0.4) is 0 Å². The molecule has 0 amide bonds. The van der Waals surface area contributed by atoms with E-state index in [-0.39, 0.29) is 10.8 Å². The van der Waals surface area contributed by atoms with Crippen LogP contribution >= 0.6 is 15.9 Å². The van der Waals surface area contributed by atoms with Gasteiger partial charge in [0.25, 0.3) is 0 Å². The van der Waals surface area contributed by atoms with E-state index in [0.29, 0.717) is 0 Å². The Bertz CT molecular complexity index is 389. The van der Waals surface area contributed by atoms with Crippen molar-refractivity contribution in [2.45, 2.75) is 45.4 Å². The van der Waals surface area contributed by atoms with Gasteiger partial charge in [-0.05, 0) is 57.9 Å². The second-order valence-electron chi connectivity index (χ2n) is 5.22. The molecule has 0 heterocycles. The minimum atomic E-state index is -1.04. The molecule has 0 aliphatic rings. The standard InChI is InChI=1S/C13H20BrNOS/c1-9-8-11(14)6-7-12(9)10(2)15-17(16)13(3,4)5/h6-8,10,15H,1-5H3/t10-,17-/m1/s1. The van der Waals surface area contributed by atoms with Crippen molar-refractivity contribution in [1.82, 2.24) is 4.72 Å². The quantitative estimate of drug-likeness (QED) is 0.859. The summed E-state index contributed by atoms with van der Waals surface area (Å²) in [4.78, 5) is 0. The van der Waals surface area contributed by atoms with E-state index in [1.165, 1.54) is 11.1 Å². The Hall–Kier alpha value is -0.0300. The fourth-order valence-electron chi connectivity index (χ4n) is 1.53. The molecule has 0 aliphatic carbocycles. The van der Waals surface area contributed by atoms with Gasteiger partial charge in [-0.3, -0.25) is 0 Å². The van der Waals surface area contributed by atoms with Crippen LogP contribution in [0.1, 0.15) is 44.9 Å². The lowest BCUT2D eigenvalue weighted by Crippen LogP contribution is -2.40. The summed E-state index contributed by atoms with van der Waals surface area (Å²) in [6.07, 6.45) is 0. The van der Waals surface area contributed by atoms with E-state index >= 15 is 0 Å². The number of rotatable bonds is 3. The van der Waals surface area contributed by atoms with Crippen LogP contribution in [0.4, 0.5) is 0 Å². The third kappa shape index (κ3) is 4.28. The summed E-state index contributed by atoms with van der Waals surface area (Å²) in [6, 6.07) is 6.24. The maximum atomic E-state index is 12.0. The molecule has 0 spiro atoms. The van der Waals surface area contributed by atoms with E-state index in [2.05, 4.69) is 39.7 Å². The molecule has 0 saturated carbocycles. The van der Waals surface area contributed by atoms with Gasteiger partial charge in [-0.2, -0.15) is 0 Å². The van der Waals surface area contributed by atoms with E-state index in [0.717, 1.165) is 4.47 Å². The summed E-state index contributed by atoms with van der Waals surface area (Å²) in [6.45, 7) is 10.0. The van der Waals surface area contributed by atoms with Crippen molar-refractivity contribution in [3.63, 3.8) is 0 Å². The predicted molar refractivity (Wildman–Crippen MR) is 78.3 cm³/mol. The van der Waals surface area contributed by atoms with Crippen LogP contribution in [0.15, 0.2) is 22.7 Å². The van der Waals surface area contributed by atoms with Gasteiger partial charge in [-0.1, -0.05) is 22.0 Å². The lowest BCUT2D eigenvalue weighted by molar-refractivity contribution is 0.531. The number of benzene rings is 1. The van der Waals surface area contributed by atoms with Crippen molar-refractivity contribution in [3.8, 4) is 0 Å². The second-order valence-corrected chi connectivity index (χ2v) is 8.14. The first-order chi connectivity index (χ1) is 7.71. The van der Waals surface area contributed by atoms with Crippen molar-refractivity contribution in [2.24, 2.45) is 0 Å². The van der Waals surface area contributed by atoms with E-state index in [4.69, 9.17) is 0 Å². The molecule has 17 heavy (non-hydrogen) atoms. The topological polar surface area (TPSA) is 35.1 Å². The Kier molecular flexibility index (Phi) is 5.07. The first kappa shape index (κ1) is 15.0. The molecule has 1 aromatic rings. The molecule has 0 aromatic heterocycles.